The van der Waals surface area contributed by atoms with Crippen LogP contribution >= 0.6 is 12.4 Å². The van der Waals surface area contributed by atoms with Crippen LogP contribution in [0.25, 0.3) is 22.2 Å². The zero-order valence-corrected chi connectivity index (χ0v) is 18.4. The van der Waals surface area contributed by atoms with Gasteiger partial charge in [-0.25, -0.2) is 4.79 Å². The van der Waals surface area contributed by atoms with E-state index < -0.39 is 23.2 Å². The number of pyridine rings is 1. The Morgan fingerprint density at radius 2 is 2.03 bits per heavy atom. The van der Waals surface area contributed by atoms with Crippen molar-refractivity contribution in [1.29, 1.82) is 0 Å². The fraction of sp³-hybridized carbons (Fsp3) is 0.364. The Morgan fingerprint density at radius 3 is 2.71 bits per heavy atom. The van der Waals surface area contributed by atoms with Gasteiger partial charge in [0.25, 0.3) is 5.56 Å². The molecule has 0 bridgehead atoms. The molecule has 8 nitrogen and oxygen atoms in total. The summed E-state index contributed by atoms with van der Waals surface area (Å²) >= 11 is 0. The normalized spacial score (nSPS) is 12.8. The molecule has 0 spiro atoms. The van der Waals surface area contributed by atoms with Crippen LogP contribution in [-0.4, -0.2) is 32.0 Å². The number of H-pyrrole nitrogens is 1. The molecule has 0 unspecified atom stereocenters. The second kappa shape index (κ2) is 8.64. The van der Waals surface area contributed by atoms with Gasteiger partial charge in [-0.1, -0.05) is 13.8 Å². The molecule has 0 saturated heterocycles. The molecule has 0 radical (unpaired) electrons. The molecule has 1 aromatic carbocycles. The Balaban J connectivity index is 0.00000272. The lowest BCUT2D eigenvalue weighted by Crippen LogP contribution is -2.22. The van der Waals surface area contributed by atoms with E-state index in [1.807, 2.05) is 13.1 Å². The van der Waals surface area contributed by atoms with Gasteiger partial charge in [-0.2, -0.15) is 0 Å². The van der Waals surface area contributed by atoms with Gasteiger partial charge in [-0.05, 0) is 43.0 Å². The molecule has 0 saturated carbocycles. The maximum Gasteiger partial charge on any atom is 0.511 e. The highest BCUT2D eigenvalue weighted by atomic mass is 35.5. The highest BCUT2D eigenvalue weighted by molar-refractivity contribution is 5.89. The minimum absolute atomic E-state index is 0. The third-order valence-corrected chi connectivity index (χ3v) is 5.64. The van der Waals surface area contributed by atoms with E-state index in [0.717, 1.165) is 47.1 Å². The molecule has 3 aromatic rings. The number of aryl methyl sites for hydroxylation is 2. The van der Waals surface area contributed by atoms with Crippen molar-refractivity contribution in [2.24, 2.45) is 7.05 Å². The number of carboxylic acid groups (broad SMARTS) is 1. The summed E-state index contributed by atoms with van der Waals surface area (Å²) in [4.78, 5) is 26.1. The first-order valence-corrected chi connectivity index (χ1v) is 10.00. The van der Waals surface area contributed by atoms with Crippen molar-refractivity contribution < 1.29 is 19.7 Å². The number of aromatic amines is 1. The van der Waals surface area contributed by atoms with E-state index in [9.17, 15) is 14.7 Å². The van der Waals surface area contributed by atoms with E-state index in [1.165, 1.54) is 0 Å². The summed E-state index contributed by atoms with van der Waals surface area (Å²) in [5.41, 5.74) is 4.44. The average Bonchev–Trinajstić information content (AvgIpc) is 2.87. The van der Waals surface area contributed by atoms with Crippen LogP contribution in [0.15, 0.2) is 23.0 Å². The number of aromatic hydroxyl groups is 1. The molecule has 4 N–H and O–H groups in total. The first-order chi connectivity index (χ1) is 14.3. The van der Waals surface area contributed by atoms with E-state index in [2.05, 4.69) is 45.6 Å². The highest BCUT2D eigenvalue weighted by Crippen LogP contribution is 2.40. The number of ether oxygens (including phenoxy) is 1. The monoisotopic (exact) mass is 447 g/mol. The molecule has 2 aromatic heterocycles. The SMILES string of the molecule is CC(C)NCc1cc2cc3c(cc2n1C)CCCc1c-3[nH]c(=O)c(OC(=O)O)c1O.Cl. The van der Waals surface area contributed by atoms with Gasteiger partial charge in [0.15, 0.2) is 5.75 Å². The van der Waals surface area contributed by atoms with Gasteiger partial charge in [0.1, 0.15) is 0 Å². The molecule has 0 amide bonds. The molecule has 2 heterocycles. The maximum atomic E-state index is 12.4. The summed E-state index contributed by atoms with van der Waals surface area (Å²) in [7, 11) is 2.04. The van der Waals surface area contributed by atoms with Crippen molar-refractivity contribution in [1.82, 2.24) is 14.9 Å². The Bertz CT molecular complexity index is 1210. The van der Waals surface area contributed by atoms with Crippen LogP contribution in [0.5, 0.6) is 11.5 Å². The van der Waals surface area contributed by atoms with Crippen molar-refractivity contribution >= 4 is 29.5 Å². The number of rotatable bonds is 4. The van der Waals surface area contributed by atoms with Crippen LogP contribution in [-0.2, 0) is 26.4 Å². The molecular weight excluding hydrogens is 422 g/mol. The number of carbonyl (C=O) groups is 1. The lowest BCUT2D eigenvalue weighted by Gasteiger charge is -2.13. The number of aromatic nitrogens is 2. The number of fused-ring (bicyclic) bond motifs is 4. The Hall–Kier alpha value is -2.97. The number of nitrogens with zero attached hydrogens (tertiary/aromatic N) is 1. The topological polar surface area (TPSA) is 117 Å². The summed E-state index contributed by atoms with van der Waals surface area (Å²) in [5.74, 6) is -0.980. The van der Waals surface area contributed by atoms with Gasteiger partial charge in [-0.3, -0.25) is 4.79 Å². The van der Waals surface area contributed by atoms with Gasteiger partial charge < -0.3 is 29.8 Å². The van der Waals surface area contributed by atoms with Crippen molar-refractivity contribution in [2.75, 3.05) is 0 Å². The van der Waals surface area contributed by atoms with Crippen molar-refractivity contribution in [3.05, 3.63) is 45.4 Å². The smallest absolute Gasteiger partial charge is 0.504 e. The lowest BCUT2D eigenvalue weighted by atomic mass is 9.99. The summed E-state index contributed by atoms with van der Waals surface area (Å²) in [6.07, 6.45) is 0.395. The Morgan fingerprint density at radius 1 is 1.29 bits per heavy atom. The van der Waals surface area contributed by atoms with Crippen LogP contribution in [0.1, 0.15) is 37.1 Å². The summed E-state index contributed by atoms with van der Waals surface area (Å²) in [5, 5.41) is 23.9. The van der Waals surface area contributed by atoms with Crippen LogP contribution in [0, 0.1) is 0 Å². The van der Waals surface area contributed by atoms with E-state index in [4.69, 9.17) is 5.11 Å². The van der Waals surface area contributed by atoms with Crippen LogP contribution in [0.3, 0.4) is 0 Å². The molecule has 1 aliphatic carbocycles. The second-order valence-electron chi connectivity index (χ2n) is 8.01. The first kappa shape index (κ1) is 22.7. The Labute approximate surface area is 185 Å². The molecule has 0 atom stereocenters. The fourth-order valence-electron chi connectivity index (χ4n) is 4.12. The molecule has 166 valence electrons. The number of nitrogens with one attached hydrogen (secondary N) is 2. The molecule has 9 heteroatoms. The van der Waals surface area contributed by atoms with E-state index in [-0.39, 0.29) is 12.4 Å². The van der Waals surface area contributed by atoms with Crippen molar-refractivity contribution in [2.45, 2.75) is 45.7 Å². The van der Waals surface area contributed by atoms with E-state index in [0.29, 0.717) is 23.7 Å². The first-order valence-electron chi connectivity index (χ1n) is 10.00. The van der Waals surface area contributed by atoms with Gasteiger partial charge in [0.05, 0.1) is 5.69 Å². The third-order valence-electron chi connectivity index (χ3n) is 5.64. The van der Waals surface area contributed by atoms with Crippen LogP contribution in [0.4, 0.5) is 4.79 Å². The molecular formula is C22H26ClN3O5. The summed E-state index contributed by atoms with van der Waals surface area (Å²) in [6, 6.07) is 6.66. The molecule has 0 aliphatic heterocycles. The second-order valence-corrected chi connectivity index (χ2v) is 8.01. The number of hydrogen-bond acceptors (Lipinski definition) is 5. The molecule has 0 fully saturated rings. The van der Waals surface area contributed by atoms with Gasteiger partial charge in [0.2, 0.25) is 5.75 Å². The zero-order chi connectivity index (χ0) is 21.6. The predicted molar refractivity (Wildman–Crippen MR) is 121 cm³/mol. The third kappa shape index (κ3) is 4.13. The maximum absolute atomic E-state index is 12.4. The standard InChI is InChI=1S/C22H25N3O5.ClH/c1-11(2)23-10-14-7-13-8-16-12(9-17(13)25(14)3)5-4-6-15-18(16)24-21(27)20(19(15)26)30-22(28)29;/h7-9,11,23H,4-6,10H2,1-3H3,(H,28,29)(H2,24,26,27);1H. The fourth-order valence-corrected chi connectivity index (χ4v) is 4.12. The van der Waals surface area contributed by atoms with E-state index >= 15 is 0 Å². The number of halogens is 1. The summed E-state index contributed by atoms with van der Waals surface area (Å²) in [6.45, 7) is 4.96. The average molecular weight is 448 g/mol. The largest absolute Gasteiger partial charge is 0.511 e. The molecule has 31 heavy (non-hydrogen) atoms. The highest BCUT2D eigenvalue weighted by Gasteiger charge is 2.25. The van der Waals surface area contributed by atoms with Gasteiger partial charge >= 0.3 is 6.16 Å². The zero-order valence-electron chi connectivity index (χ0n) is 17.6. The van der Waals surface area contributed by atoms with Crippen LogP contribution in [0.2, 0.25) is 0 Å². The van der Waals surface area contributed by atoms with Crippen LogP contribution < -0.4 is 15.6 Å². The van der Waals surface area contributed by atoms with E-state index in [1.54, 1.807) is 0 Å². The quantitative estimate of drug-likeness (QED) is 0.453. The van der Waals surface area contributed by atoms with Gasteiger partial charge in [0, 0.05) is 47.4 Å². The molecule has 1 aliphatic rings. The summed E-state index contributed by atoms with van der Waals surface area (Å²) < 4.78 is 6.69. The van der Waals surface area contributed by atoms with Crippen molar-refractivity contribution in [3.8, 4) is 22.8 Å². The predicted octanol–water partition coefficient (Wildman–Crippen LogP) is 3.70. The lowest BCUT2D eigenvalue weighted by molar-refractivity contribution is 0.142. The number of benzene rings is 1. The minimum atomic E-state index is -1.64. The van der Waals surface area contributed by atoms with Crippen molar-refractivity contribution in [3.63, 3.8) is 0 Å². The molecule has 4 rings (SSSR count). The van der Waals surface area contributed by atoms with Gasteiger partial charge in [-0.15, -0.1) is 12.4 Å². The Kier molecular flexibility index (Phi) is 6.33. The number of hydrogen-bond donors (Lipinski definition) is 4. The minimum Gasteiger partial charge on any atom is -0.504 e.